The Morgan fingerprint density at radius 3 is 2.81 bits per heavy atom. The molecule has 0 atom stereocenters. The minimum absolute atomic E-state index is 0.00984. The second kappa shape index (κ2) is 5.31. The van der Waals surface area contributed by atoms with Gasteiger partial charge in [0.25, 0.3) is 0 Å². The van der Waals surface area contributed by atoms with Crippen LogP contribution in [0.25, 0.3) is 0 Å². The molecule has 0 amide bonds. The van der Waals surface area contributed by atoms with E-state index in [-0.39, 0.29) is 6.42 Å². The third-order valence-electron chi connectivity index (χ3n) is 2.52. The Balaban J connectivity index is 2.81. The van der Waals surface area contributed by atoms with Crippen LogP contribution in [0.1, 0.15) is 29.8 Å². The van der Waals surface area contributed by atoms with Gasteiger partial charge in [-0.25, -0.2) is 0 Å². The Labute approximate surface area is 94.3 Å². The molecule has 0 aliphatic heterocycles. The van der Waals surface area contributed by atoms with Gasteiger partial charge in [-0.05, 0) is 20.3 Å². The summed E-state index contributed by atoms with van der Waals surface area (Å²) in [5.74, 6) is -0.845. The zero-order valence-electron chi connectivity index (χ0n) is 9.53. The Morgan fingerprint density at radius 1 is 1.56 bits per heavy atom. The maximum absolute atomic E-state index is 10.7. The van der Waals surface area contributed by atoms with Crippen molar-refractivity contribution in [2.45, 2.75) is 39.7 Å². The van der Waals surface area contributed by atoms with Gasteiger partial charge in [0, 0.05) is 24.2 Å². The van der Waals surface area contributed by atoms with Gasteiger partial charge in [0.2, 0.25) is 0 Å². The number of carboxylic acids is 1. The van der Waals surface area contributed by atoms with Crippen LogP contribution >= 0.6 is 0 Å². The van der Waals surface area contributed by atoms with Gasteiger partial charge in [-0.2, -0.15) is 10.4 Å². The number of unbranched alkanes of at least 4 members (excludes halogenated alkanes) is 1. The monoisotopic (exact) mass is 221 g/mol. The SMILES string of the molecule is Cc1nn(CCCC#N)c(C)c1CC(=O)O. The zero-order valence-corrected chi connectivity index (χ0v) is 9.53. The normalized spacial score (nSPS) is 10.1. The molecule has 0 aliphatic rings. The summed E-state index contributed by atoms with van der Waals surface area (Å²) in [5.41, 5.74) is 2.43. The third-order valence-corrected chi connectivity index (χ3v) is 2.52. The summed E-state index contributed by atoms with van der Waals surface area (Å²) in [4.78, 5) is 10.7. The summed E-state index contributed by atoms with van der Waals surface area (Å²) in [6.45, 7) is 4.34. The Hall–Kier alpha value is -1.83. The smallest absolute Gasteiger partial charge is 0.307 e. The van der Waals surface area contributed by atoms with Crippen molar-refractivity contribution in [3.8, 4) is 6.07 Å². The number of aliphatic carboxylic acids is 1. The number of hydrogen-bond acceptors (Lipinski definition) is 3. The molecule has 0 spiro atoms. The summed E-state index contributed by atoms with van der Waals surface area (Å²) < 4.78 is 1.78. The van der Waals surface area contributed by atoms with E-state index in [2.05, 4.69) is 11.2 Å². The van der Waals surface area contributed by atoms with Crippen LogP contribution in [-0.4, -0.2) is 20.9 Å². The maximum atomic E-state index is 10.7. The molecule has 0 bridgehead atoms. The van der Waals surface area contributed by atoms with Gasteiger partial charge in [0.05, 0.1) is 18.2 Å². The molecule has 1 aromatic rings. The summed E-state index contributed by atoms with van der Waals surface area (Å²) in [6, 6.07) is 2.08. The van der Waals surface area contributed by atoms with E-state index >= 15 is 0 Å². The molecule has 1 rings (SSSR count). The average Bonchev–Trinajstić information content (AvgIpc) is 2.46. The lowest BCUT2D eigenvalue weighted by Gasteiger charge is -2.02. The lowest BCUT2D eigenvalue weighted by Crippen LogP contribution is -2.05. The first kappa shape index (κ1) is 12.2. The number of nitriles is 1. The molecule has 0 unspecified atom stereocenters. The van der Waals surface area contributed by atoms with Crippen molar-refractivity contribution in [1.29, 1.82) is 5.26 Å². The first-order valence-corrected chi connectivity index (χ1v) is 5.18. The van der Waals surface area contributed by atoms with E-state index in [9.17, 15) is 4.79 Å². The number of carboxylic acid groups (broad SMARTS) is 1. The number of nitrogens with zero attached hydrogens (tertiary/aromatic N) is 3. The van der Waals surface area contributed by atoms with Crippen LogP contribution in [0.15, 0.2) is 0 Å². The van der Waals surface area contributed by atoms with Gasteiger partial charge in [-0.1, -0.05) is 0 Å². The lowest BCUT2D eigenvalue weighted by molar-refractivity contribution is -0.136. The summed E-state index contributed by atoms with van der Waals surface area (Å²) in [6.07, 6.45) is 1.24. The molecular formula is C11H15N3O2. The molecule has 5 nitrogen and oxygen atoms in total. The molecule has 0 saturated heterocycles. The van der Waals surface area contributed by atoms with E-state index in [0.29, 0.717) is 13.0 Å². The van der Waals surface area contributed by atoms with Crippen LogP contribution in [0.4, 0.5) is 0 Å². The van der Waals surface area contributed by atoms with Crippen molar-refractivity contribution in [3.05, 3.63) is 17.0 Å². The molecular weight excluding hydrogens is 206 g/mol. The van der Waals surface area contributed by atoms with E-state index < -0.39 is 5.97 Å². The second-order valence-corrected chi connectivity index (χ2v) is 3.70. The van der Waals surface area contributed by atoms with Gasteiger partial charge in [-0.3, -0.25) is 9.48 Å². The van der Waals surface area contributed by atoms with Gasteiger partial charge < -0.3 is 5.11 Å². The van der Waals surface area contributed by atoms with Crippen LogP contribution in [0.2, 0.25) is 0 Å². The van der Waals surface area contributed by atoms with Gasteiger partial charge in [0.15, 0.2) is 0 Å². The van der Waals surface area contributed by atoms with Crippen molar-refractivity contribution in [2.24, 2.45) is 0 Å². The fourth-order valence-electron chi connectivity index (χ4n) is 1.67. The molecule has 0 aromatic carbocycles. The lowest BCUT2D eigenvalue weighted by atomic mass is 10.1. The van der Waals surface area contributed by atoms with Crippen LogP contribution in [0.5, 0.6) is 0 Å². The largest absolute Gasteiger partial charge is 0.481 e. The number of carbonyl (C=O) groups is 1. The van der Waals surface area contributed by atoms with Gasteiger partial charge in [-0.15, -0.1) is 0 Å². The molecule has 16 heavy (non-hydrogen) atoms. The predicted molar refractivity (Wildman–Crippen MR) is 57.9 cm³/mol. The number of aromatic nitrogens is 2. The fourth-order valence-corrected chi connectivity index (χ4v) is 1.67. The maximum Gasteiger partial charge on any atom is 0.307 e. The molecule has 0 aliphatic carbocycles. The van der Waals surface area contributed by atoms with E-state index in [1.54, 1.807) is 4.68 Å². The van der Waals surface area contributed by atoms with Crippen LogP contribution in [0, 0.1) is 25.2 Å². The van der Waals surface area contributed by atoms with Crippen LogP contribution in [0.3, 0.4) is 0 Å². The summed E-state index contributed by atoms with van der Waals surface area (Å²) >= 11 is 0. The van der Waals surface area contributed by atoms with E-state index in [4.69, 9.17) is 10.4 Å². The summed E-state index contributed by atoms with van der Waals surface area (Å²) in [5, 5.41) is 21.5. The van der Waals surface area contributed by atoms with Crippen molar-refractivity contribution < 1.29 is 9.90 Å². The van der Waals surface area contributed by atoms with E-state index in [1.165, 1.54) is 0 Å². The second-order valence-electron chi connectivity index (χ2n) is 3.70. The van der Waals surface area contributed by atoms with Crippen LogP contribution in [-0.2, 0) is 17.8 Å². The molecule has 86 valence electrons. The Morgan fingerprint density at radius 2 is 2.25 bits per heavy atom. The Bertz CT molecular complexity index is 429. The molecule has 5 heteroatoms. The van der Waals surface area contributed by atoms with Crippen molar-refractivity contribution in [3.63, 3.8) is 0 Å². The molecule has 1 heterocycles. The summed E-state index contributed by atoms with van der Waals surface area (Å²) in [7, 11) is 0. The predicted octanol–water partition coefficient (Wildman–Crippen LogP) is 1.43. The standard InChI is InChI=1S/C11H15N3O2/c1-8-10(7-11(15)16)9(2)14(13-8)6-4-3-5-12/h3-4,6-7H2,1-2H3,(H,15,16). The highest BCUT2D eigenvalue weighted by atomic mass is 16.4. The minimum Gasteiger partial charge on any atom is -0.481 e. The number of hydrogen-bond donors (Lipinski definition) is 1. The highest BCUT2D eigenvalue weighted by molar-refractivity contribution is 5.70. The fraction of sp³-hybridized carbons (Fsp3) is 0.545. The van der Waals surface area contributed by atoms with E-state index in [0.717, 1.165) is 23.4 Å². The van der Waals surface area contributed by atoms with E-state index in [1.807, 2.05) is 13.8 Å². The van der Waals surface area contributed by atoms with Gasteiger partial charge >= 0.3 is 5.97 Å². The molecule has 1 N–H and O–H groups in total. The molecule has 0 fully saturated rings. The average molecular weight is 221 g/mol. The molecule has 1 aromatic heterocycles. The Kier molecular flexibility index (Phi) is 4.06. The molecule has 0 radical (unpaired) electrons. The van der Waals surface area contributed by atoms with Crippen LogP contribution < -0.4 is 0 Å². The number of rotatable bonds is 5. The third kappa shape index (κ3) is 2.83. The minimum atomic E-state index is -0.845. The quantitative estimate of drug-likeness (QED) is 0.763. The van der Waals surface area contributed by atoms with Gasteiger partial charge in [0.1, 0.15) is 0 Å². The molecule has 0 saturated carbocycles. The topological polar surface area (TPSA) is 78.9 Å². The van der Waals surface area contributed by atoms with Crippen molar-refractivity contribution >= 4 is 5.97 Å². The highest BCUT2D eigenvalue weighted by Gasteiger charge is 2.13. The zero-order chi connectivity index (χ0) is 12.1. The van der Waals surface area contributed by atoms with Crippen molar-refractivity contribution in [2.75, 3.05) is 0 Å². The highest BCUT2D eigenvalue weighted by Crippen LogP contribution is 2.14. The van der Waals surface area contributed by atoms with Crippen molar-refractivity contribution in [1.82, 2.24) is 9.78 Å². The number of aryl methyl sites for hydroxylation is 2. The first-order valence-electron chi connectivity index (χ1n) is 5.18. The first-order chi connectivity index (χ1) is 7.56.